The third-order valence-electron chi connectivity index (χ3n) is 4.56. The Kier molecular flexibility index (Phi) is 7.77. The van der Waals surface area contributed by atoms with Crippen molar-refractivity contribution in [3.05, 3.63) is 24.3 Å². The molecule has 0 aromatic heterocycles. The maximum absolute atomic E-state index is 12.2. The summed E-state index contributed by atoms with van der Waals surface area (Å²) in [4.78, 5) is 48.1. The number of carbonyl (C=O) groups excluding carboxylic acids is 4. The highest BCUT2D eigenvalue weighted by molar-refractivity contribution is 6.02. The maximum Gasteiger partial charge on any atom is 0.324 e. The number of imide groups is 1. The van der Waals surface area contributed by atoms with Crippen LogP contribution in [0.4, 0.5) is 16.2 Å². The molecule has 0 spiro atoms. The number of hydrogen-bond donors (Lipinski definition) is 4. The Hall–Kier alpha value is -2.65. The number of anilines is 2. The predicted octanol–water partition coefficient (Wildman–Crippen LogP) is 1.07. The van der Waals surface area contributed by atoms with Crippen molar-refractivity contribution in [2.24, 2.45) is 0 Å². The molecule has 1 aromatic rings. The number of rotatable bonds is 6. The van der Waals surface area contributed by atoms with Crippen LogP contribution in [0.5, 0.6) is 0 Å². The van der Waals surface area contributed by atoms with Crippen LogP contribution in [0.3, 0.4) is 0 Å². The predicted molar refractivity (Wildman–Crippen MR) is 106 cm³/mol. The summed E-state index contributed by atoms with van der Waals surface area (Å²) in [7, 11) is 0. The maximum atomic E-state index is 12.2. The topological polar surface area (TPSA) is 120 Å². The summed E-state index contributed by atoms with van der Waals surface area (Å²) in [6.07, 6.45) is 2.98. The second kappa shape index (κ2) is 10.0. The Morgan fingerprint density at radius 2 is 1.75 bits per heavy atom. The molecule has 0 bridgehead atoms. The summed E-state index contributed by atoms with van der Waals surface area (Å²) < 4.78 is 0. The number of urea groups is 1. The highest BCUT2D eigenvalue weighted by Gasteiger charge is 2.28. The van der Waals surface area contributed by atoms with Crippen molar-refractivity contribution in [2.45, 2.75) is 31.7 Å². The van der Waals surface area contributed by atoms with Crippen molar-refractivity contribution in [1.29, 1.82) is 0 Å². The van der Waals surface area contributed by atoms with E-state index < -0.39 is 6.03 Å². The summed E-state index contributed by atoms with van der Waals surface area (Å²) in [5, 5.41) is 11.2. The summed E-state index contributed by atoms with van der Waals surface area (Å²) in [5.41, 5.74) is 1.23. The van der Waals surface area contributed by atoms with E-state index in [9.17, 15) is 19.2 Å². The molecular formula is C18H24ClN5O4. The van der Waals surface area contributed by atoms with Gasteiger partial charge in [0.25, 0.3) is 0 Å². The molecule has 9 nitrogen and oxygen atoms in total. The summed E-state index contributed by atoms with van der Waals surface area (Å²) >= 11 is 0. The smallest absolute Gasteiger partial charge is 0.324 e. The number of piperidine rings is 1. The van der Waals surface area contributed by atoms with Crippen LogP contribution in [0.2, 0.25) is 0 Å². The van der Waals surface area contributed by atoms with Crippen LogP contribution in [0.15, 0.2) is 24.3 Å². The van der Waals surface area contributed by atoms with Crippen molar-refractivity contribution < 1.29 is 19.2 Å². The number of amides is 5. The fourth-order valence-corrected chi connectivity index (χ4v) is 3.06. The number of nitrogens with zero attached hydrogens (tertiary/aromatic N) is 1. The fraction of sp³-hybridized carbons (Fsp3) is 0.444. The van der Waals surface area contributed by atoms with E-state index in [1.165, 1.54) is 0 Å². The first-order chi connectivity index (χ1) is 13.0. The van der Waals surface area contributed by atoms with E-state index in [1.54, 1.807) is 24.3 Å². The van der Waals surface area contributed by atoms with Crippen molar-refractivity contribution >= 4 is 47.5 Å². The SMILES string of the molecule is Cl.O=C(CCN1C(=O)CNC1=O)Nc1ccc(NC(=O)C2CCCCN2)cc1. The van der Waals surface area contributed by atoms with Crippen molar-refractivity contribution in [1.82, 2.24) is 15.5 Å². The quantitative estimate of drug-likeness (QED) is 0.524. The Morgan fingerprint density at radius 1 is 1.07 bits per heavy atom. The first kappa shape index (κ1) is 21.6. The van der Waals surface area contributed by atoms with Gasteiger partial charge in [0.15, 0.2) is 0 Å². The lowest BCUT2D eigenvalue weighted by atomic mass is 10.0. The minimum atomic E-state index is -0.472. The molecule has 28 heavy (non-hydrogen) atoms. The average molecular weight is 410 g/mol. The van der Waals surface area contributed by atoms with Crippen molar-refractivity contribution in [3.63, 3.8) is 0 Å². The molecule has 3 rings (SSSR count). The van der Waals surface area contributed by atoms with Crippen LogP contribution in [-0.4, -0.2) is 54.3 Å². The molecule has 1 atom stereocenters. The molecule has 1 unspecified atom stereocenters. The van der Waals surface area contributed by atoms with Gasteiger partial charge in [-0.2, -0.15) is 0 Å². The molecule has 0 radical (unpaired) electrons. The van der Waals surface area contributed by atoms with E-state index in [4.69, 9.17) is 0 Å². The monoisotopic (exact) mass is 409 g/mol. The van der Waals surface area contributed by atoms with Gasteiger partial charge in [-0.05, 0) is 43.7 Å². The Morgan fingerprint density at radius 3 is 2.32 bits per heavy atom. The number of hydrogen-bond acceptors (Lipinski definition) is 5. The zero-order chi connectivity index (χ0) is 19.2. The molecule has 2 heterocycles. The highest BCUT2D eigenvalue weighted by Crippen LogP contribution is 2.16. The molecule has 1 aromatic carbocycles. The molecule has 5 amide bonds. The van der Waals surface area contributed by atoms with Crippen LogP contribution in [0.1, 0.15) is 25.7 Å². The number of carbonyl (C=O) groups is 4. The molecule has 0 aliphatic carbocycles. The first-order valence-electron chi connectivity index (χ1n) is 9.05. The molecular weight excluding hydrogens is 386 g/mol. The molecule has 0 saturated carbocycles. The molecule has 4 N–H and O–H groups in total. The third kappa shape index (κ3) is 5.67. The first-order valence-corrected chi connectivity index (χ1v) is 9.05. The molecule has 2 fully saturated rings. The van der Waals surface area contributed by atoms with Gasteiger partial charge in [-0.1, -0.05) is 6.42 Å². The molecule has 10 heteroatoms. The lowest BCUT2D eigenvalue weighted by Gasteiger charge is -2.22. The van der Waals surface area contributed by atoms with Gasteiger partial charge in [0.1, 0.15) is 0 Å². The van der Waals surface area contributed by atoms with Crippen molar-refractivity contribution in [2.75, 3.05) is 30.3 Å². The number of benzene rings is 1. The summed E-state index contributed by atoms with van der Waals surface area (Å²) in [6.45, 7) is 0.872. The zero-order valence-electron chi connectivity index (χ0n) is 15.3. The van der Waals surface area contributed by atoms with E-state index in [2.05, 4.69) is 21.3 Å². The summed E-state index contributed by atoms with van der Waals surface area (Å²) in [6, 6.07) is 6.18. The highest BCUT2D eigenvalue weighted by atomic mass is 35.5. The lowest BCUT2D eigenvalue weighted by molar-refractivity contribution is -0.125. The van der Waals surface area contributed by atoms with Crippen LogP contribution >= 0.6 is 12.4 Å². The molecule has 2 saturated heterocycles. The normalized spacial score (nSPS) is 18.9. The average Bonchev–Trinajstić information content (AvgIpc) is 3.00. The van der Waals surface area contributed by atoms with Gasteiger partial charge in [-0.15, -0.1) is 12.4 Å². The molecule has 2 aliphatic rings. The molecule has 152 valence electrons. The van der Waals surface area contributed by atoms with Gasteiger partial charge in [0.2, 0.25) is 17.7 Å². The Balaban J connectivity index is 0.00000280. The minimum Gasteiger partial charge on any atom is -0.329 e. The fourth-order valence-electron chi connectivity index (χ4n) is 3.06. The van der Waals surface area contributed by atoms with Gasteiger partial charge < -0.3 is 21.3 Å². The lowest BCUT2D eigenvalue weighted by Crippen LogP contribution is -2.43. The van der Waals surface area contributed by atoms with E-state index in [0.717, 1.165) is 30.7 Å². The van der Waals surface area contributed by atoms with E-state index in [0.29, 0.717) is 11.4 Å². The summed E-state index contributed by atoms with van der Waals surface area (Å²) in [5.74, 6) is -0.689. The van der Waals surface area contributed by atoms with Gasteiger partial charge in [0.05, 0.1) is 12.6 Å². The van der Waals surface area contributed by atoms with Gasteiger partial charge >= 0.3 is 6.03 Å². The zero-order valence-corrected chi connectivity index (χ0v) is 16.1. The van der Waals surface area contributed by atoms with E-state index >= 15 is 0 Å². The molecule has 2 aliphatic heterocycles. The van der Waals surface area contributed by atoms with Crippen LogP contribution in [0.25, 0.3) is 0 Å². The Labute approximate surface area is 169 Å². The van der Waals surface area contributed by atoms with E-state index in [-0.39, 0.29) is 55.7 Å². The van der Waals surface area contributed by atoms with Gasteiger partial charge in [0, 0.05) is 24.3 Å². The second-order valence-corrected chi connectivity index (χ2v) is 6.57. The Bertz CT molecular complexity index is 718. The van der Waals surface area contributed by atoms with Crippen molar-refractivity contribution in [3.8, 4) is 0 Å². The van der Waals surface area contributed by atoms with E-state index in [1.807, 2.05) is 0 Å². The largest absolute Gasteiger partial charge is 0.329 e. The minimum absolute atomic E-state index is 0. The third-order valence-corrected chi connectivity index (χ3v) is 4.56. The number of halogens is 1. The van der Waals surface area contributed by atoms with Gasteiger partial charge in [-0.3, -0.25) is 19.3 Å². The standard InChI is InChI=1S/C18H23N5O4.ClH/c24-15(8-10-23-16(25)11-20-18(23)27)21-12-4-6-13(7-5-12)22-17(26)14-3-1-2-9-19-14;/h4-7,14,19H,1-3,8-11H2,(H,20,27)(H,21,24)(H,22,26);1H. The van der Waals surface area contributed by atoms with Crippen LogP contribution in [0, 0.1) is 0 Å². The van der Waals surface area contributed by atoms with Gasteiger partial charge in [-0.25, -0.2) is 4.79 Å². The van der Waals surface area contributed by atoms with Crippen LogP contribution in [-0.2, 0) is 14.4 Å². The second-order valence-electron chi connectivity index (χ2n) is 6.57. The van der Waals surface area contributed by atoms with Crippen LogP contribution < -0.4 is 21.3 Å². The number of nitrogens with one attached hydrogen (secondary N) is 4.